The summed E-state index contributed by atoms with van der Waals surface area (Å²) in [4.78, 5) is 17.2. The third-order valence-corrected chi connectivity index (χ3v) is 5.27. The molecular weight excluding hydrogens is 358 g/mol. The van der Waals surface area contributed by atoms with Gasteiger partial charge < -0.3 is 9.47 Å². The standard InChI is InChI=1S/C20H21N5O3/c26-20-16-3-1-2-4-17(16)21-22-25(20)13-24-9-7-23(8-10-24)12-15-5-6-18-19(11-15)28-14-27-18/h1-6,11H,7-10,12-14H2. The van der Waals surface area contributed by atoms with Crippen LogP contribution in [-0.4, -0.2) is 57.8 Å². The van der Waals surface area contributed by atoms with Gasteiger partial charge in [0.15, 0.2) is 11.5 Å². The van der Waals surface area contributed by atoms with Gasteiger partial charge in [-0.3, -0.25) is 14.6 Å². The Balaban J connectivity index is 1.21. The van der Waals surface area contributed by atoms with Crippen LogP contribution in [0.2, 0.25) is 0 Å². The Bertz CT molecular complexity index is 1060. The van der Waals surface area contributed by atoms with Crippen molar-refractivity contribution in [3.8, 4) is 11.5 Å². The van der Waals surface area contributed by atoms with Crippen LogP contribution < -0.4 is 15.0 Å². The average molecular weight is 379 g/mol. The number of hydrogen-bond donors (Lipinski definition) is 0. The van der Waals surface area contributed by atoms with E-state index >= 15 is 0 Å². The molecule has 0 aliphatic carbocycles. The highest BCUT2D eigenvalue weighted by atomic mass is 16.7. The lowest BCUT2D eigenvalue weighted by Crippen LogP contribution is -2.47. The van der Waals surface area contributed by atoms with Crippen LogP contribution in [0.1, 0.15) is 5.56 Å². The highest BCUT2D eigenvalue weighted by Gasteiger charge is 2.20. The Labute approximate surface area is 161 Å². The first-order chi connectivity index (χ1) is 13.8. The smallest absolute Gasteiger partial charge is 0.278 e. The van der Waals surface area contributed by atoms with Gasteiger partial charge in [0.25, 0.3) is 5.56 Å². The zero-order valence-corrected chi connectivity index (χ0v) is 15.5. The van der Waals surface area contributed by atoms with E-state index in [9.17, 15) is 4.79 Å². The summed E-state index contributed by atoms with van der Waals surface area (Å²) in [7, 11) is 0. The van der Waals surface area contributed by atoms with Crippen LogP contribution >= 0.6 is 0 Å². The van der Waals surface area contributed by atoms with Crippen molar-refractivity contribution in [1.82, 2.24) is 24.8 Å². The van der Waals surface area contributed by atoms with Crippen LogP contribution in [0.25, 0.3) is 10.9 Å². The van der Waals surface area contributed by atoms with E-state index < -0.39 is 0 Å². The van der Waals surface area contributed by atoms with Gasteiger partial charge in [0, 0.05) is 32.7 Å². The fourth-order valence-corrected chi connectivity index (χ4v) is 3.69. The number of hydrogen-bond acceptors (Lipinski definition) is 7. The molecule has 0 amide bonds. The minimum Gasteiger partial charge on any atom is -0.454 e. The van der Waals surface area contributed by atoms with Gasteiger partial charge in [-0.25, -0.2) is 0 Å². The van der Waals surface area contributed by atoms with Crippen molar-refractivity contribution in [2.45, 2.75) is 13.2 Å². The summed E-state index contributed by atoms with van der Waals surface area (Å²) in [6, 6.07) is 13.4. The number of benzene rings is 2. The number of ether oxygens (including phenoxy) is 2. The van der Waals surface area contributed by atoms with Gasteiger partial charge in [-0.1, -0.05) is 23.4 Å². The van der Waals surface area contributed by atoms with E-state index in [-0.39, 0.29) is 5.56 Å². The van der Waals surface area contributed by atoms with Crippen molar-refractivity contribution in [3.63, 3.8) is 0 Å². The lowest BCUT2D eigenvalue weighted by atomic mass is 10.1. The van der Waals surface area contributed by atoms with Crippen molar-refractivity contribution in [2.24, 2.45) is 0 Å². The van der Waals surface area contributed by atoms with E-state index in [1.165, 1.54) is 10.2 Å². The van der Waals surface area contributed by atoms with Crippen LogP contribution in [-0.2, 0) is 13.2 Å². The summed E-state index contributed by atoms with van der Waals surface area (Å²) in [6.07, 6.45) is 0. The molecule has 8 nitrogen and oxygen atoms in total. The van der Waals surface area contributed by atoms with Crippen molar-refractivity contribution < 1.29 is 9.47 Å². The second kappa shape index (κ2) is 7.21. The Kier molecular flexibility index (Phi) is 4.42. The van der Waals surface area contributed by atoms with E-state index in [2.05, 4.69) is 32.2 Å². The molecule has 0 saturated carbocycles. The molecular formula is C20H21N5O3. The fraction of sp³-hybridized carbons (Fsp3) is 0.350. The van der Waals surface area contributed by atoms with E-state index in [1.54, 1.807) is 6.07 Å². The third kappa shape index (κ3) is 3.32. The van der Waals surface area contributed by atoms with E-state index in [0.29, 0.717) is 24.4 Å². The molecule has 3 heterocycles. The molecule has 144 valence electrons. The Morgan fingerprint density at radius 2 is 1.71 bits per heavy atom. The van der Waals surface area contributed by atoms with E-state index in [0.717, 1.165) is 44.2 Å². The molecule has 1 aromatic heterocycles. The normalized spacial score (nSPS) is 17.3. The zero-order valence-electron chi connectivity index (χ0n) is 15.5. The fourth-order valence-electron chi connectivity index (χ4n) is 3.69. The first kappa shape index (κ1) is 17.2. The molecule has 5 rings (SSSR count). The molecule has 2 aliphatic heterocycles. The summed E-state index contributed by atoms with van der Waals surface area (Å²) in [5.74, 6) is 1.64. The molecule has 0 unspecified atom stereocenters. The molecule has 28 heavy (non-hydrogen) atoms. The summed E-state index contributed by atoms with van der Waals surface area (Å²) >= 11 is 0. The van der Waals surface area contributed by atoms with Crippen LogP contribution in [0.3, 0.4) is 0 Å². The summed E-state index contributed by atoms with van der Waals surface area (Å²) in [5, 5.41) is 8.86. The van der Waals surface area contributed by atoms with Crippen molar-refractivity contribution in [3.05, 3.63) is 58.4 Å². The second-order valence-corrected chi connectivity index (χ2v) is 7.13. The van der Waals surface area contributed by atoms with Crippen molar-refractivity contribution in [2.75, 3.05) is 33.0 Å². The Morgan fingerprint density at radius 1 is 0.929 bits per heavy atom. The minimum atomic E-state index is -0.0895. The number of rotatable bonds is 4. The predicted octanol–water partition coefficient (Wildman–Crippen LogP) is 1.30. The van der Waals surface area contributed by atoms with Crippen LogP contribution in [0.4, 0.5) is 0 Å². The monoisotopic (exact) mass is 379 g/mol. The molecule has 2 aromatic carbocycles. The second-order valence-electron chi connectivity index (χ2n) is 7.13. The topological polar surface area (TPSA) is 72.7 Å². The lowest BCUT2D eigenvalue weighted by molar-refractivity contribution is 0.0960. The SMILES string of the molecule is O=c1c2ccccc2nnn1CN1CCN(Cc2ccc3c(c2)OCO3)CC1. The lowest BCUT2D eigenvalue weighted by Gasteiger charge is -2.34. The molecule has 2 aliphatic rings. The first-order valence-corrected chi connectivity index (χ1v) is 9.42. The maximum atomic E-state index is 12.6. The highest BCUT2D eigenvalue weighted by Crippen LogP contribution is 2.32. The van der Waals surface area contributed by atoms with E-state index in [4.69, 9.17) is 9.47 Å². The van der Waals surface area contributed by atoms with E-state index in [1.807, 2.05) is 24.3 Å². The number of nitrogens with zero attached hydrogens (tertiary/aromatic N) is 5. The molecule has 0 spiro atoms. The molecule has 0 N–H and O–H groups in total. The number of piperazine rings is 1. The number of fused-ring (bicyclic) bond motifs is 2. The maximum absolute atomic E-state index is 12.6. The van der Waals surface area contributed by atoms with Crippen molar-refractivity contribution >= 4 is 10.9 Å². The minimum absolute atomic E-state index is 0.0895. The molecule has 0 bridgehead atoms. The molecule has 8 heteroatoms. The Hall–Kier alpha value is -2.97. The highest BCUT2D eigenvalue weighted by molar-refractivity contribution is 5.76. The molecule has 1 fully saturated rings. The van der Waals surface area contributed by atoms with Gasteiger partial charge >= 0.3 is 0 Å². The van der Waals surface area contributed by atoms with Crippen LogP contribution in [0, 0.1) is 0 Å². The van der Waals surface area contributed by atoms with Gasteiger partial charge in [0.05, 0.1) is 12.1 Å². The quantitative estimate of drug-likeness (QED) is 0.676. The van der Waals surface area contributed by atoms with Gasteiger partial charge in [-0.2, -0.15) is 4.68 Å². The molecule has 3 aromatic rings. The zero-order chi connectivity index (χ0) is 18.9. The molecule has 0 radical (unpaired) electrons. The van der Waals surface area contributed by atoms with Gasteiger partial charge in [0.2, 0.25) is 6.79 Å². The predicted molar refractivity (Wildman–Crippen MR) is 103 cm³/mol. The number of aromatic nitrogens is 3. The van der Waals surface area contributed by atoms with Crippen LogP contribution in [0.5, 0.6) is 11.5 Å². The maximum Gasteiger partial charge on any atom is 0.278 e. The third-order valence-electron chi connectivity index (χ3n) is 5.27. The summed E-state index contributed by atoms with van der Waals surface area (Å²) in [5.41, 5.74) is 1.76. The average Bonchev–Trinajstić information content (AvgIpc) is 3.20. The summed E-state index contributed by atoms with van der Waals surface area (Å²) < 4.78 is 12.3. The van der Waals surface area contributed by atoms with Gasteiger partial charge in [-0.15, -0.1) is 5.10 Å². The largest absolute Gasteiger partial charge is 0.454 e. The Morgan fingerprint density at radius 3 is 2.61 bits per heavy atom. The molecule has 1 saturated heterocycles. The first-order valence-electron chi connectivity index (χ1n) is 9.42. The van der Waals surface area contributed by atoms with Crippen LogP contribution in [0.15, 0.2) is 47.3 Å². The van der Waals surface area contributed by atoms with Gasteiger partial charge in [0.1, 0.15) is 5.52 Å². The van der Waals surface area contributed by atoms with Crippen molar-refractivity contribution in [1.29, 1.82) is 0 Å². The summed E-state index contributed by atoms with van der Waals surface area (Å²) in [6.45, 7) is 5.27. The molecule has 0 atom stereocenters. The van der Waals surface area contributed by atoms with Gasteiger partial charge in [-0.05, 0) is 29.8 Å².